The molecule has 3 rings (SSSR count). The Morgan fingerprint density at radius 2 is 1.92 bits per heavy atom. The lowest BCUT2D eigenvalue weighted by Crippen LogP contribution is -2.50. The van der Waals surface area contributed by atoms with E-state index in [1.165, 1.54) is 0 Å². The van der Waals surface area contributed by atoms with E-state index in [0.29, 0.717) is 13.1 Å². The third-order valence-corrected chi connectivity index (χ3v) is 5.20. The predicted octanol–water partition coefficient (Wildman–Crippen LogP) is 3.17. The molecule has 0 N–H and O–H groups in total. The zero-order valence-corrected chi connectivity index (χ0v) is 15.9. The van der Waals surface area contributed by atoms with Crippen LogP contribution in [0, 0.1) is 0 Å². The quantitative estimate of drug-likeness (QED) is 0.841. The minimum Gasteiger partial charge on any atom is -0.483 e. The van der Waals surface area contributed by atoms with Crippen molar-refractivity contribution in [2.45, 2.75) is 26.2 Å². The summed E-state index contributed by atoms with van der Waals surface area (Å²) in [5, 5.41) is 3.01. The van der Waals surface area contributed by atoms with Gasteiger partial charge >= 0.3 is 0 Å². The molecule has 0 aliphatic carbocycles. The van der Waals surface area contributed by atoms with Gasteiger partial charge in [0.1, 0.15) is 5.75 Å². The average molecular weight is 359 g/mol. The lowest BCUT2D eigenvalue weighted by Gasteiger charge is -2.34. The van der Waals surface area contributed by atoms with Gasteiger partial charge in [0.05, 0.1) is 0 Å². The highest BCUT2D eigenvalue weighted by molar-refractivity contribution is 7.13. The number of hydrogen-bond donors (Lipinski definition) is 0. The van der Waals surface area contributed by atoms with Gasteiger partial charge in [-0.3, -0.25) is 4.79 Å². The molecular weight excluding hydrogens is 334 g/mol. The fourth-order valence-corrected chi connectivity index (χ4v) is 3.66. The molecule has 0 unspecified atom stereocenters. The van der Waals surface area contributed by atoms with Gasteiger partial charge in [-0.2, -0.15) is 0 Å². The van der Waals surface area contributed by atoms with Crippen LogP contribution < -0.4 is 9.64 Å². The van der Waals surface area contributed by atoms with Gasteiger partial charge < -0.3 is 14.5 Å². The van der Waals surface area contributed by atoms with Gasteiger partial charge in [0.15, 0.2) is 11.7 Å². The second-order valence-corrected chi connectivity index (χ2v) is 8.09. The normalized spacial score (nSPS) is 15.3. The van der Waals surface area contributed by atoms with Crippen molar-refractivity contribution in [3.05, 3.63) is 41.4 Å². The highest BCUT2D eigenvalue weighted by Crippen LogP contribution is 2.31. The fraction of sp³-hybridized carbons (Fsp3) is 0.474. The number of piperazine rings is 1. The first-order valence-corrected chi connectivity index (χ1v) is 9.47. The van der Waals surface area contributed by atoms with Crippen molar-refractivity contribution in [3.8, 4) is 5.75 Å². The van der Waals surface area contributed by atoms with Crippen LogP contribution in [0.4, 0.5) is 5.13 Å². The molecule has 1 aromatic heterocycles. The number of carbonyl (C=O) groups is 1. The maximum Gasteiger partial charge on any atom is 0.260 e. The van der Waals surface area contributed by atoms with E-state index in [1.54, 1.807) is 11.3 Å². The number of thiazole rings is 1. The molecule has 1 aromatic carbocycles. The standard InChI is InChI=1S/C19H25N3O2S/c1-19(2,3)15-6-4-5-7-16(15)24-14-17(23)21-9-11-22(12-10-21)18-20-8-13-25-18/h4-8,13H,9-12,14H2,1-3H3. The van der Waals surface area contributed by atoms with Crippen molar-refractivity contribution in [2.24, 2.45) is 0 Å². The molecule has 5 nitrogen and oxygen atoms in total. The molecule has 1 aliphatic rings. The Morgan fingerprint density at radius 3 is 2.56 bits per heavy atom. The maximum absolute atomic E-state index is 12.5. The Bertz CT molecular complexity index is 702. The largest absolute Gasteiger partial charge is 0.483 e. The van der Waals surface area contributed by atoms with E-state index in [0.717, 1.165) is 29.5 Å². The Morgan fingerprint density at radius 1 is 1.20 bits per heavy atom. The van der Waals surface area contributed by atoms with Crippen molar-refractivity contribution >= 4 is 22.4 Å². The van der Waals surface area contributed by atoms with E-state index < -0.39 is 0 Å². The van der Waals surface area contributed by atoms with Gasteiger partial charge in [0.25, 0.3) is 5.91 Å². The van der Waals surface area contributed by atoms with Crippen LogP contribution in [0.1, 0.15) is 26.3 Å². The number of para-hydroxylation sites is 1. The molecular formula is C19H25N3O2S. The summed E-state index contributed by atoms with van der Waals surface area (Å²) in [6, 6.07) is 7.95. The number of hydrogen-bond acceptors (Lipinski definition) is 5. The second-order valence-electron chi connectivity index (χ2n) is 7.22. The van der Waals surface area contributed by atoms with Gasteiger partial charge in [-0.15, -0.1) is 11.3 Å². The van der Waals surface area contributed by atoms with Crippen LogP contribution in [-0.2, 0) is 10.2 Å². The number of amides is 1. The first kappa shape index (κ1) is 17.7. The average Bonchev–Trinajstić information content (AvgIpc) is 3.14. The van der Waals surface area contributed by atoms with Gasteiger partial charge in [-0.1, -0.05) is 39.0 Å². The Balaban J connectivity index is 1.54. The molecule has 25 heavy (non-hydrogen) atoms. The number of nitrogens with zero attached hydrogens (tertiary/aromatic N) is 3. The van der Waals surface area contributed by atoms with Gasteiger partial charge in [0, 0.05) is 37.8 Å². The number of anilines is 1. The number of benzene rings is 1. The summed E-state index contributed by atoms with van der Waals surface area (Å²) in [4.78, 5) is 20.9. The highest BCUT2D eigenvalue weighted by Gasteiger charge is 2.24. The molecule has 0 saturated carbocycles. The first-order valence-electron chi connectivity index (χ1n) is 8.59. The van der Waals surface area contributed by atoms with Crippen molar-refractivity contribution < 1.29 is 9.53 Å². The lowest BCUT2D eigenvalue weighted by atomic mass is 9.86. The minimum absolute atomic E-state index is 0.0149. The Hall–Kier alpha value is -2.08. The maximum atomic E-state index is 12.5. The van der Waals surface area contributed by atoms with Crippen LogP contribution in [0.25, 0.3) is 0 Å². The molecule has 1 aliphatic heterocycles. The molecule has 0 atom stereocenters. The molecule has 0 radical (unpaired) electrons. The number of ether oxygens (including phenoxy) is 1. The van der Waals surface area contributed by atoms with Gasteiger partial charge in [-0.25, -0.2) is 4.98 Å². The number of aromatic nitrogens is 1. The third-order valence-electron chi connectivity index (χ3n) is 4.37. The summed E-state index contributed by atoms with van der Waals surface area (Å²) >= 11 is 1.64. The summed E-state index contributed by atoms with van der Waals surface area (Å²) in [7, 11) is 0. The van der Waals surface area contributed by atoms with Crippen molar-refractivity contribution in [3.63, 3.8) is 0 Å². The number of carbonyl (C=O) groups excluding carboxylic acids is 1. The molecule has 0 bridgehead atoms. The molecule has 1 amide bonds. The van der Waals surface area contributed by atoms with E-state index in [-0.39, 0.29) is 17.9 Å². The van der Waals surface area contributed by atoms with Crippen LogP contribution in [-0.4, -0.2) is 48.6 Å². The SMILES string of the molecule is CC(C)(C)c1ccccc1OCC(=O)N1CCN(c2nccs2)CC1. The summed E-state index contributed by atoms with van der Waals surface area (Å²) in [6.07, 6.45) is 1.82. The minimum atomic E-state index is -0.0149. The van der Waals surface area contributed by atoms with Crippen LogP contribution in [0.15, 0.2) is 35.8 Å². The van der Waals surface area contributed by atoms with E-state index in [2.05, 4.69) is 36.7 Å². The molecule has 2 heterocycles. The molecule has 2 aromatic rings. The summed E-state index contributed by atoms with van der Waals surface area (Å²) in [6.45, 7) is 9.59. The van der Waals surface area contributed by atoms with Crippen molar-refractivity contribution in [2.75, 3.05) is 37.7 Å². The van der Waals surface area contributed by atoms with Crippen molar-refractivity contribution in [1.29, 1.82) is 0 Å². The summed E-state index contributed by atoms with van der Waals surface area (Å²) in [5.41, 5.74) is 1.11. The second kappa shape index (κ2) is 7.44. The number of rotatable bonds is 4. The summed E-state index contributed by atoms with van der Waals surface area (Å²) in [5.74, 6) is 0.840. The monoisotopic (exact) mass is 359 g/mol. The smallest absolute Gasteiger partial charge is 0.260 e. The van der Waals surface area contributed by atoms with Crippen molar-refractivity contribution in [1.82, 2.24) is 9.88 Å². The Kier molecular flexibility index (Phi) is 5.27. The van der Waals surface area contributed by atoms with Crippen LogP contribution >= 0.6 is 11.3 Å². The van der Waals surface area contributed by atoms with E-state index in [9.17, 15) is 4.79 Å². The topological polar surface area (TPSA) is 45.7 Å². The molecule has 0 spiro atoms. The molecule has 1 saturated heterocycles. The van der Waals surface area contributed by atoms with Gasteiger partial charge in [-0.05, 0) is 17.0 Å². The predicted molar refractivity (Wildman–Crippen MR) is 102 cm³/mol. The molecule has 1 fully saturated rings. The zero-order chi connectivity index (χ0) is 17.9. The van der Waals surface area contributed by atoms with E-state index in [4.69, 9.17) is 4.74 Å². The van der Waals surface area contributed by atoms with E-state index in [1.807, 2.05) is 34.7 Å². The van der Waals surface area contributed by atoms with Crippen LogP contribution in [0.5, 0.6) is 5.75 Å². The lowest BCUT2D eigenvalue weighted by molar-refractivity contribution is -0.133. The molecule has 6 heteroatoms. The van der Waals surface area contributed by atoms with Crippen LogP contribution in [0.2, 0.25) is 0 Å². The van der Waals surface area contributed by atoms with E-state index >= 15 is 0 Å². The Labute approximate surface area is 153 Å². The fourth-order valence-electron chi connectivity index (χ4n) is 2.96. The van der Waals surface area contributed by atoms with Crippen LogP contribution in [0.3, 0.4) is 0 Å². The first-order chi connectivity index (χ1) is 11.9. The molecule has 134 valence electrons. The zero-order valence-electron chi connectivity index (χ0n) is 15.1. The van der Waals surface area contributed by atoms with Gasteiger partial charge in [0.2, 0.25) is 0 Å². The highest BCUT2D eigenvalue weighted by atomic mass is 32.1. The third kappa shape index (κ3) is 4.31. The summed E-state index contributed by atoms with van der Waals surface area (Å²) < 4.78 is 5.86.